The van der Waals surface area contributed by atoms with Crippen molar-refractivity contribution in [2.24, 2.45) is 0 Å². The predicted octanol–water partition coefficient (Wildman–Crippen LogP) is 3.54. The Kier molecular flexibility index (Phi) is 5.99. The highest BCUT2D eigenvalue weighted by Crippen LogP contribution is 2.29. The van der Waals surface area contributed by atoms with E-state index in [1.165, 1.54) is 4.31 Å². The fraction of sp³-hybridized carbons (Fsp3) is 0.375. The topological polar surface area (TPSA) is 96.6 Å². The first-order valence-corrected chi connectivity index (χ1v) is 12.7. The molecular weight excluding hydrogens is 440 g/mol. The highest BCUT2D eigenvalue weighted by Gasteiger charge is 2.30. The quantitative estimate of drug-likeness (QED) is 0.571. The molecule has 0 spiro atoms. The average Bonchev–Trinajstić information content (AvgIpc) is 3.58. The van der Waals surface area contributed by atoms with Gasteiger partial charge in [0.2, 0.25) is 21.7 Å². The number of carbonyl (C=O) groups is 1. The van der Waals surface area contributed by atoms with Gasteiger partial charge in [-0.25, -0.2) is 8.42 Å². The van der Waals surface area contributed by atoms with E-state index in [-0.39, 0.29) is 16.7 Å². The number of carbonyl (C=O) groups excluding carboxylic acids is 1. The van der Waals surface area contributed by atoms with Gasteiger partial charge in [-0.3, -0.25) is 4.79 Å². The van der Waals surface area contributed by atoms with E-state index in [0.29, 0.717) is 49.0 Å². The maximum absolute atomic E-state index is 12.8. The number of sulfonamides is 1. The molecule has 2 saturated heterocycles. The average molecular weight is 467 g/mol. The number of rotatable bonds is 5. The van der Waals surface area contributed by atoms with Gasteiger partial charge < -0.3 is 9.42 Å². The van der Waals surface area contributed by atoms with Crippen LogP contribution in [-0.2, 0) is 10.0 Å². The van der Waals surface area contributed by atoms with E-state index in [1.807, 2.05) is 35.2 Å². The third-order valence-electron chi connectivity index (χ3n) is 6.34. The van der Waals surface area contributed by atoms with Crippen molar-refractivity contribution in [3.05, 3.63) is 66.1 Å². The SMILES string of the molecule is O=C(c1ccccc1)N1CCC[C@H](c2nc(-c3ccc(S(=O)(=O)N4CCCC4)cc3)no2)C1. The Bertz CT molecular complexity index is 1220. The molecule has 1 amide bonds. The summed E-state index contributed by atoms with van der Waals surface area (Å²) < 4.78 is 32.5. The second-order valence-corrected chi connectivity index (χ2v) is 10.5. The number of hydrogen-bond donors (Lipinski definition) is 0. The Hall–Kier alpha value is -3.04. The van der Waals surface area contributed by atoms with E-state index in [2.05, 4.69) is 10.1 Å². The van der Waals surface area contributed by atoms with E-state index in [0.717, 1.165) is 25.7 Å². The molecule has 33 heavy (non-hydrogen) atoms. The van der Waals surface area contributed by atoms with E-state index < -0.39 is 10.0 Å². The van der Waals surface area contributed by atoms with Crippen molar-refractivity contribution < 1.29 is 17.7 Å². The number of piperidine rings is 1. The molecule has 0 N–H and O–H groups in total. The maximum atomic E-state index is 12.8. The molecule has 8 nitrogen and oxygen atoms in total. The molecule has 5 rings (SSSR count). The number of nitrogens with zero attached hydrogens (tertiary/aromatic N) is 4. The van der Waals surface area contributed by atoms with Crippen molar-refractivity contribution in [3.63, 3.8) is 0 Å². The molecule has 3 heterocycles. The van der Waals surface area contributed by atoms with Crippen LogP contribution in [0.2, 0.25) is 0 Å². The highest BCUT2D eigenvalue weighted by molar-refractivity contribution is 7.89. The molecule has 0 unspecified atom stereocenters. The van der Waals surface area contributed by atoms with Crippen molar-refractivity contribution in [1.29, 1.82) is 0 Å². The highest BCUT2D eigenvalue weighted by atomic mass is 32.2. The third kappa shape index (κ3) is 4.43. The lowest BCUT2D eigenvalue weighted by Gasteiger charge is -2.31. The van der Waals surface area contributed by atoms with Crippen LogP contribution in [0.5, 0.6) is 0 Å². The number of hydrogen-bond acceptors (Lipinski definition) is 6. The normalized spacial score (nSPS) is 19.6. The third-order valence-corrected chi connectivity index (χ3v) is 8.25. The number of likely N-dealkylation sites (tertiary alicyclic amines) is 1. The fourth-order valence-electron chi connectivity index (χ4n) is 4.50. The van der Waals surface area contributed by atoms with Gasteiger partial charge in [0, 0.05) is 37.3 Å². The number of benzene rings is 2. The molecule has 2 aliphatic heterocycles. The zero-order valence-corrected chi connectivity index (χ0v) is 19.1. The van der Waals surface area contributed by atoms with Crippen LogP contribution in [-0.4, -0.2) is 59.8 Å². The minimum atomic E-state index is -3.46. The second kappa shape index (κ2) is 9.07. The van der Waals surface area contributed by atoms with Crippen LogP contribution in [0, 0.1) is 0 Å². The summed E-state index contributed by atoms with van der Waals surface area (Å²) in [6, 6.07) is 15.9. The molecule has 2 aliphatic rings. The molecule has 0 bridgehead atoms. The Balaban J connectivity index is 1.29. The minimum Gasteiger partial charge on any atom is -0.339 e. The van der Waals surface area contributed by atoms with Crippen LogP contribution >= 0.6 is 0 Å². The molecule has 0 aliphatic carbocycles. The molecule has 0 radical (unpaired) electrons. The molecule has 172 valence electrons. The van der Waals surface area contributed by atoms with E-state index in [1.54, 1.807) is 24.3 Å². The summed E-state index contributed by atoms with van der Waals surface area (Å²) in [5.74, 6) is 0.906. The Morgan fingerprint density at radius 1 is 0.939 bits per heavy atom. The van der Waals surface area contributed by atoms with Crippen molar-refractivity contribution in [3.8, 4) is 11.4 Å². The van der Waals surface area contributed by atoms with Crippen molar-refractivity contribution in [2.45, 2.75) is 36.5 Å². The molecule has 9 heteroatoms. The standard InChI is InChI=1S/C24H26N4O4S/c29-24(19-7-2-1-3-8-19)27-14-6-9-20(17-27)23-25-22(26-32-23)18-10-12-21(13-11-18)33(30,31)28-15-4-5-16-28/h1-3,7-8,10-13,20H,4-6,9,14-17H2/t20-/m0/s1. The minimum absolute atomic E-state index is 0.00911. The number of amides is 1. The Labute approximate surface area is 193 Å². The first-order chi connectivity index (χ1) is 16.0. The summed E-state index contributed by atoms with van der Waals surface area (Å²) in [7, 11) is -3.46. The second-order valence-electron chi connectivity index (χ2n) is 8.55. The van der Waals surface area contributed by atoms with E-state index in [4.69, 9.17) is 4.52 Å². The smallest absolute Gasteiger partial charge is 0.253 e. The van der Waals surface area contributed by atoms with Crippen LogP contribution in [0.15, 0.2) is 64.0 Å². The molecule has 1 aromatic heterocycles. The molecule has 2 aromatic carbocycles. The van der Waals surface area contributed by atoms with Gasteiger partial charge in [-0.2, -0.15) is 9.29 Å². The predicted molar refractivity (Wildman–Crippen MR) is 122 cm³/mol. The zero-order chi connectivity index (χ0) is 22.8. The first kappa shape index (κ1) is 21.8. The van der Waals surface area contributed by atoms with Crippen molar-refractivity contribution in [1.82, 2.24) is 19.3 Å². The molecule has 1 atom stereocenters. The molecular formula is C24H26N4O4S. The summed E-state index contributed by atoms with van der Waals surface area (Å²) in [6.07, 6.45) is 3.54. The lowest BCUT2D eigenvalue weighted by Crippen LogP contribution is -2.39. The summed E-state index contributed by atoms with van der Waals surface area (Å²) in [5, 5.41) is 4.11. The van der Waals surface area contributed by atoms with Gasteiger partial charge >= 0.3 is 0 Å². The zero-order valence-electron chi connectivity index (χ0n) is 18.3. The molecule has 0 saturated carbocycles. The van der Waals surface area contributed by atoms with Gasteiger partial charge in [-0.05, 0) is 62.1 Å². The number of aromatic nitrogens is 2. The van der Waals surface area contributed by atoms with Crippen LogP contribution in [0.1, 0.15) is 47.8 Å². The fourth-order valence-corrected chi connectivity index (χ4v) is 6.02. The van der Waals surface area contributed by atoms with Crippen LogP contribution in [0.4, 0.5) is 0 Å². The summed E-state index contributed by atoms with van der Waals surface area (Å²) in [6.45, 7) is 2.38. The van der Waals surface area contributed by atoms with Crippen LogP contribution < -0.4 is 0 Å². The van der Waals surface area contributed by atoms with Crippen LogP contribution in [0.3, 0.4) is 0 Å². The molecule has 2 fully saturated rings. The first-order valence-electron chi connectivity index (χ1n) is 11.3. The summed E-state index contributed by atoms with van der Waals surface area (Å²) in [4.78, 5) is 19.5. The van der Waals surface area contributed by atoms with Crippen LogP contribution in [0.25, 0.3) is 11.4 Å². The van der Waals surface area contributed by atoms with Crippen molar-refractivity contribution >= 4 is 15.9 Å². The Morgan fingerprint density at radius 2 is 1.67 bits per heavy atom. The van der Waals surface area contributed by atoms with Gasteiger partial charge in [-0.15, -0.1) is 0 Å². The van der Waals surface area contributed by atoms with Gasteiger partial charge in [0.25, 0.3) is 5.91 Å². The lowest BCUT2D eigenvalue weighted by atomic mass is 9.97. The Morgan fingerprint density at radius 3 is 2.39 bits per heavy atom. The summed E-state index contributed by atoms with van der Waals surface area (Å²) >= 11 is 0. The van der Waals surface area contributed by atoms with Gasteiger partial charge in [-0.1, -0.05) is 23.4 Å². The largest absolute Gasteiger partial charge is 0.339 e. The van der Waals surface area contributed by atoms with Gasteiger partial charge in [0.05, 0.1) is 10.8 Å². The lowest BCUT2D eigenvalue weighted by molar-refractivity contribution is 0.0695. The van der Waals surface area contributed by atoms with Crippen molar-refractivity contribution in [2.75, 3.05) is 26.2 Å². The van der Waals surface area contributed by atoms with Gasteiger partial charge in [0.15, 0.2) is 0 Å². The van der Waals surface area contributed by atoms with E-state index >= 15 is 0 Å². The monoisotopic (exact) mass is 466 g/mol. The summed E-state index contributed by atoms with van der Waals surface area (Å²) in [5.41, 5.74) is 1.37. The van der Waals surface area contributed by atoms with Gasteiger partial charge in [0.1, 0.15) is 0 Å². The maximum Gasteiger partial charge on any atom is 0.253 e. The molecule has 3 aromatic rings. The van der Waals surface area contributed by atoms with E-state index in [9.17, 15) is 13.2 Å².